The molecule has 31 heavy (non-hydrogen) atoms. The van der Waals surface area contributed by atoms with E-state index in [1.807, 2.05) is 12.0 Å². The monoisotopic (exact) mass is 436 g/mol. The lowest BCUT2D eigenvalue weighted by Gasteiger charge is -2.42. The first-order valence-electron chi connectivity index (χ1n) is 11.1. The number of nitrogens with zero attached hydrogens (tertiary/aromatic N) is 2. The van der Waals surface area contributed by atoms with Crippen molar-refractivity contribution in [2.24, 2.45) is 0 Å². The van der Waals surface area contributed by atoms with Gasteiger partial charge in [-0.2, -0.15) is 8.78 Å². The molecule has 3 rings (SSSR count). The Balaban J connectivity index is 1.47. The smallest absolute Gasteiger partial charge is 0.375 e. The largest absolute Gasteiger partial charge is 0.423 e. The zero-order chi connectivity index (χ0) is 22.6. The fraction of sp³-hybridized carbons (Fsp3) is 0.708. The van der Waals surface area contributed by atoms with Gasteiger partial charge < -0.3 is 19.1 Å². The summed E-state index contributed by atoms with van der Waals surface area (Å²) in [6.07, 6.45) is 2.17. The average molecular weight is 437 g/mol. The lowest BCUT2D eigenvalue weighted by atomic mass is 9.90. The maximum atomic E-state index is 13.6. The van der Waals surface area contributed by atoms with E-state index in [0.29, 0.717) is 17.9 Å². The van der Waals surface area contributed by atoms with Gasteiger partial charge >= 0.3 is 6.11 Å². The van der Waals surface area contributed by atoms with E-state index in [0.717, 1.165) is 44.5 Å². The van der Waals surface area contributed by atoms with Crippen LogP contribution < -0.4 is 4.90 Å². The van der Waals surface area contributed by atoms with E-state index >= 15 is 0 Å². The number of rotatable bonds is 6. The predicted octanol–water partition coefficient (Wildman–Crippen LogP) is 4.78. The van der Waals surface area contributed by atoms with Crippen molar-refractivity contribution in [3.05, 3.63) is 24.0 Å². The van der Waals surface area contributed by atoms with Gasteiger partial charge in [0.05, 0.1) is 30.0 Å². The van der Waals surface area contributed by atoms with Crippen molar-refractivity contribution in [2.75, 3.05) is 18.0 Å². The van der Waals surface area contributed by atoms with Crippen molar-refractivity contribution in [3.63, 3.8) is 0 Å². The first-order chi connectivity index (χ1) is 14.5. The van der Waals surface area contributed by atoms with E-state index in [4.69, 9.17) is 9.47 Å². The van der Waals surface area contributed by atoms with Crippen molar-refractivity contribution in [2.45, 2.75) is 96.4 Å². The molecular formula is C24H34F2N2O3. The second kappa shape index (κ2) is 9.81. The van der Waals surface area contributed by atoms with Crippen molar-refractivity contribution in [1.82, 2.24) is 4.98 Å². The molecule has 0 atom stereocenters. The molecule has 7 heteroatoms. The molecule has 0 aromatic carbocycles. The maximum Gasteiger partial charge on any atom is 0.423 e. The Morgan fingerprint density at radius 3 is 2.39 bits per heavy atom. The van der Waals surface area contributed by atoms with Gasteiger partial charge in [0.2, 0.25) is 0 Å². The molecule has 1 aliphatic carbocycles. The van der Waals surface area contributed by atoms with Crippen LogP contribution in [0.5, 0.6) is 0 Å². The Bertz CT molecular complexity index is 784. The summed E-state index contributed by atoms with van der Waals surface area (Å²) in [6, 6.07) is 3.63. The zero-order valence-electron chi connectivity index (χ0n) is 19.2. The average Bonchev–Trinajstić information content (AvgIpc) is 2.64. The van der Waals surface area contributed by atoms with Crippen molar-refractivity contribution in [1.29, 1.82) is 0 Å². The zero-order valence-corrected chi connectivity index (χ0v) is 19.2. The summed E-state index contributed by atoms with van der Waals surface area (Å²) >= 11 is 0. The van der Waals surface area contributed by atoms with Crippen LogP contribution in [0.25, 0.3) is 0 Å². The minimum atomic E-state index is -3.49. The summed E-state index contributed by atoms with van der Waals surface area (Å²) in [7, 11) is 0. The highest BCUT2D eigenvalue weighted by atomic mass is 19.3. The normalized spacial score (nSPS) is 22.8. The Labute approximate surface area is 184 Å². The molecule has 2 aliphatic rings. The second-order valence-electron chi connectivity index (χ2n) is 9.60. The molecule has 0 spiro atoms. The third-order valence-electron chi connectivity index (χ3n) is 5.23. The van der Waals surface area contributed by atoms with Gasteiger partial charge in [0.25, 0.3) is 0 Å². The van der Waals surface area contributed by atoms with Gasteiger partial charge in [0.1, 0.15) is 5.69 Å². The third kappa shape index (κ3) is 7.71. The summed E-state index contributed by atoms with van der Waals surface area (Å²) in [5.41, 5.74) is 1.14. The fourth-order valence-corrected chi connectivity index (χ4v) is 3.89. The molecule has 0 bridgehead atoms. The molecule has 1 aromatic rings. The minimum Gasteiger partial charge on any atom is -0.375 e. The molecule has 0 unspecified atom stereocenters. The highest BCUT2D eigenvalue weighted by Crippen LogP contribution is 2.32. The number of hydrogen-bond acceptors (Lipinski definition) is 5. The molecule has 5 nitrogen and oxygen atoms in total. The molecule has 1 aromatic heterocycles. The minimum absolute atomic E-state index is 0.105. The Kier molecular flexibility index (Phi) is 7.56. The Hall–Kier alpha value is -1.75. The van der Waals surface area contributed by atoms with Crippen LogP contribution in [0.15, 0.2) is 18.3 Å². The summed E-state index contributed by atoms with van der Waals surface area (Å²) in [5.74, 6) is 4.32. The van der Waals surface area contributed by atoms with Crippen molar-refractivity contribution >= 4 is 5.69 Å². The summed E-state index contributed by atoms with van der Waals surface area (Å²) in [5, 5.41) is 0. The van der Waals surface area contributed by atoms with E-state index in [-0.39, 0.29) is 11.7 Å². The Morgan fingerprint density at radius 1 is 1.10 bits per heavy atom. The van der Waals surface area contributed by atoms with Gasteiger partial charge in [0, 0.05) is 30.9 Å². The van der Waals surface area contributed by atoms with E-state index in [1.54, 1.807) is 26.1 Å². The van der Waals surface area contributed by atoms with Crippen LogP contribution in [0, 0.1) is 11.8 Å². The quantitative estimate of drug-likeness (QED) is 0.601. The molecule has 0 amide bonds. The number of anilines is 1. The van der Waals surface area contributed by atoms with Gasteiger partial charge in [-0.1, -0.05) is 0 Å². The topological polar surface area (TPSA) is 43.8 Å². The number of ether oxygens (including phenoxy) is 3. The lowest BCUT2D eigenvalue weighted by molar-refractivity contribution is -0.212. The summed E-state index contributed by atoms with van der Waals surface area (Å²) < 4.78 is 44.0. The van der Waals surface area contributed by atoms with Crippen LogP contribution in [-0.2, 0) is 14.2 Å². The SMILES string of the molecule is CC(C)OC(F)(F)C#Cc1cc(N2CCC(OC3CC(OC(C)(C)C)C3)CC2)ccn1. The van der Waals surface area contributed by atoms with Crippen LogP contribution in [0.2, 0.25) is 0 Å². The number of piperidine rings is 1. The number of alkyl halides is 2. The molecule has 2 heterocycles. The van der Waals surface area contributed by atoms with Gasteiger partial charge in [-0.25, -0.2) is 4.98 Å². The van der Waals surface area contributed by atoms with E-state index in [1.165, 1.54) is 0 Å². The molecule has 1 saturated heterocycles. The van der Waals surface area contributed by atoms with E-state index in [9.17, 15) is 8.78 Å². The van der Waals surface area contributed by atoms with Gasteiger partial charge in [-0.3, -0.25) is 0 Å². The Morgan fingerprint density at radius 2 is 1.77 bits per heavy atom. The molecule has 1 saturated carbocycles. The van der Waals surface area contributed by atoms with Gasteiger partial charge in [0.15, 0.2) is 0 Å². The first-order valence-corrected chi connectivity index (χ1v) is 11.1. The highest BCUT2D eigenvalue weighted by Gasteiger charge is 2.35. The number of hydrogen-bond donors (Lipinski definition) is 0. The molecule has 1 aliphatic heterocycles. The van der Waals surface area contributed by atoms with Crippen LogP contribution in [0.4, 0.5) is 14.5 Å². The molecule has 172 valence electrons. The third-order valence-corrected chi connectivity index (χ3v) is 5.23. The van der Waals surface area contributed by atoms with E-state index in [2.05, 4.69) is 41.3 Å². The van der Waals surface area contributed by atoms with Crippen molar-refractivity contribution in [3.8, 4) is 11.8 Å². The van der Waals surface area contributed by atoms with Gasteiger partial charge in [-0.05, 0) is 78.4 Å². The summed E-state index contributed by atoms with van der Waals surface area (Å²) in [4.78, 5) is 6.32. The molecule has 2 fully saturated rings. The van der Waals surface area contributed by atoms with Crippen LogP contribution in [0.3, 0.4) is 0 Å². The number of pyridine rings is 1. The van der Waals surface area contributed by atoms with E-state index < -0.39 is 12.2 Å². The molecule has 0 radical (unpaired) electrons. The van der Waals surface area contributed by atoms with Gasteiger partial charge in [-0.15, -0.1) is 0 Å². The standard InChI is InChI=1S/C24H34F2N2O3/c1-17(2)30-24(25,26)10-6-18-14-19(7-11-27-18)28-12-8-20(9-13-28)29-21-15-22(16-21)31-23(3,4)5/h7,11,14,17,20-22H,8-9,12-13,15-16H2,1-5H3. The first kappa shape index (κ1) is 23.9. The number of aromatic nitrogens is 1. The second-order valence-corrected chi connectivity index (χ2v) is 9.60. The molecule has 0 N–H and O–H groups in total. The van der Waals surface area contributed by atoms with Crippen LogP contribution >= 0.6 is 0 Å². The highest BCUT2D eigenvalue weighted by molar-refractivity contribution is 5.50. The van der Waals surface area contributed by atoms with Crippen molar-refractivity contribution < 1.29 is 23.0 Å². The van der Waals surface area contributed by atoms with Crippen LogP contribution in [0.1, 0.15) is 66.0 Å². The maximum absolute atomic E-state index is 13.6. The fourth-order valence-electron chi connectivity index (χ4n) is 3.89. The van der Waals surface area contributed by atoms with Crippen LogP contribution in [-0.4, -0.2) is 54.2 Å². The molecular weight excluding hydrogens is 402 g/mol. The number of halogens is 2. The predicted molar refractivity (Wildman–Crippen MR) is 116 cm³/mol. The summed E-state index contributed by atoms with van der Waals surface area (Å²) in [6.45, 7) is 11.0. The lowest BCUT2D eigenvalue weighted by Crippen LogP contribution is -2.45.